The summed E-state index contributed by atoms with van der Waals surface area (Å²) in [5, 5.41) is 7.77. The van der Waals surface area contributed by atoms with E-state index >= 15 is 0 Å². The lowest BCUT2D eigenvalue weighted by molar-refractivity contribution is 0.297. The van der Waals surface area contributed by atoms with Crippen LogP contribution in [0.15, 0.2) is 11.4 Å². The Bertz CT molecular complexity index is 201. The van der Waals surface area contributed by atoms with E-state index in [1.54, 1.807) is 0 Å². The van der Waals surface area contributed by atoms with Crippen molar-refractivity contribution in [2.45, 2.75) is 0 Å². The topological polar surface area (TPSA) is 63.6 Å². The van der Waals surface area contributed by atoms with Crippen LogP contribution in [0.1, 0.15) is 0 Å². The first-order valence-electron chi connectivity index (χ1n) is 2.10. The fourth-order valence-corrected chi connectivity index (χ4v) is 0.794. The molecule has 0 spiro atoms. The Kier molecular flexibility index (Phi) is 2.51. The molecule has 0 saturated heterocycles. The predicted octanol–water partition coefficient (Wildman–Crippen LogP) is 0.0343. The molecule has 5 heteroatoms. The van der Waals surface area contributed by atoms with Gasteiger partial charge in [-0.25, -0.2) is 8.42 Å². The van der Waals surface area contributed by atoms with Crippen molar-refractivity contribution in [1.82, 2.24) is 0 Å². The fourth-order valence-electron chi connectivity index (χ4n) is 0.300. The summed E-state index contributed by atoms with van der Waals surface area (Å²) in [7, 11) is -2.21. The van der Waals surface area contributed by atoms with Gasteiger partial charge in [-0.05, 0) is 0 Å². The van der Waals surface area contributed by atoms with E-state index in [2.05, 4.69) is 4.74 Å². The molecule has 0 saturated carbocycles. The summed E-state index contributed by atoms with van der Waals surface area (Å²) < 4.78 is 25.2. The molecule has 0 amide bonds. The molecule has 0 aliphatic carbocycles. The molecule has 0 aromatic rings. The Balaban J connectivity index is 4.56. The summed E-state index contributed by atoms with van der Waals surface area (Å²) in [6.45, 7) is 0. The summed E-state index contributed by atoms with van der Waals surface area (Å²) in [5.74, 6) is 0. The van der Waals surface area contributed by atoms with Gasteiger partial charge in [0.15, 0.2) is 0 Å². The van der Waals surface area contributed by atoms with Gasteiger partial charge in [0.2, 0.25) is 14.9 Å². The zero-order chi connectivity index (χ0) is 7.49. The summed E-state index contributed by atoms with van der Waals surface area (Å²) in [6, 6.07) is 0. The van der Waals surface area contributed by atoms with E-state index in [0.29, 0.717) is 6.26 Å². The van der Waals surface area contributed by atoms with Crippen molar-refractivity contribution >= 4 is 9.84 Å². The van der Waals surface area contributed by atoms with Gasteiger partial charge in [-0.2, -0.15) is 0 Å². The van der Waals surface area contributed by atoms with Crippen molar-refractivity contribution in [1.29, 1.82) is 0 Å². The molecule has 1 N–H and O–H groups in total. The van der Waals surface area contributed by atoms with Crippen LogP contribution in [0.3, 0.4) is 0 Å². The van der Waals surface area contributed by atoms with E-state index in [0.717, 1.165) is 6.26 Å². The lowest BCUT2D eigenvalue weighted by Crippen LogP contribution is -2.02. The molecular weight excluding hydrogens is 144 g/mol. The van der Waals surface area contributed by atoms with Gasteiger partial charge in [0.25, 0.3) is 0 Å². The van der Waals surface area contributed by atoms with Gasteiger partial charge in [-0.3, -0.25) is 0 Å². The highest BCUT2D eigenvalue weighted by Crippen LogP contribution is 2.01. The van der Waals surface area contributed by atoms with Crippen LogP contribution in [-0.2, 0) is 14.6 Å². The zero-order valence-electron chi connectivity index (χ0n) is 5.16. The second kappa shape index (κ2) is 2.72. The number of aliphatic hydroxyl groups excluding tert-OH is 1. The largest absolute Gasteiger partial charge is 0.511 e. The first-order valence-corrected chi connectivity index (χ1v) is 4.00. The third kappa shape index (κ3) is 2.36. The van der Waals surface area contributed by atoms with Crippen LogP contribution in [0, 0.1) is 0 Å². The first-order chi connectivity index (χ1) is 4.02. The monoisotopic (exact) mass is 152 g/mol. The summed E-state index contributed by atoms with van der Waals surface area (Å²) in [5.41, 5.74) is 0. The second-order valence-corrected chi connectivity index (χ2v) is 3.37. The number of hydrogen-bond donors (Lipinski definition) is 1. The van der Waals surface area contributed by atoms with E-state index in [1.165, 1.54) is 7.11 Å². The maximum atomic E-state index is 10.4. The van der Waals surface area contributed by atoms with E-state index < -0.39 is 14.9 Å². The molecule has 0 radical (unpaired) electrons. The minimum atomic E-state index is -3.38. The molecule has 0 aliphatic heterocycles. The van der Waals surface area contributed by atoms with Gasteiger partial charge in [-0.1, -0.05) is 0 Å². The predicted molar refractivity (Wildman–Crippen MR) is 32.6 cm³/mol. The third-order valence-corrected chi connectivity index (χ3v) is 1.68. The summed E-state index contributed by atoms with van der Waals surface area (Å²) in [6.07, 6.45) is 1.36. The van der Waals surface area contributed by atoms with Crippen molar-refractivity contribution in [3.8, 4) is 0 Å². The first kappa shape index (κ1) is 8.29. The van der Waals surface area contributed by atoms with Gasteiger partial charge < -0.3 is 9.84 Å². The molecule has 0 atom stereocenters. The molecule has 4 nitrogen and oxygen atoms in total. The standard InChI is InChI=1S/C4H8O4S/c1-8-4(3-5)9(2,6)7/h3,5H,1-2H3/b4-3-. The smallest absolute Gasteiger partial charge is 0.246 e. The van der Waals surface area contributed by atoms with Gasteiger partial charge in [-0.15, -0.1) is 0 Å². The van der Waals surface area contributed by atoms with E-state index in [4.69, 9.17) is 5.11 Å². The van der Waals surface area contributed by atoms with Crippen molar-refractivity contribution in [2.75, 3.05) is 13.4 Å². The number of rotatable bonds is 2. The SMILES string of the molecule is CO/C(=C/O)S(C)(=O)=O. The van der Waals surface area contributed by atoms with Crippen LogP contribution in [0.4, 0.5) is 0 Å². The number of sulfone groups is 1. The fraction of sp³-hybridized carbons (Fsp3) is 0.500. The Labute approximate surface area is 53.7 Å². The lowest BCUT2D eigenvalue weighted by atomic mass is 11.0. The number of ether oxygens (including phenoxy) is 1. The van der Waals surface area contributed by atoms with Crippen LogP contribution < -0.4 is 0 Å². The Morgan fingerprint density at radius 2 is 2.11 bits per heavy atom. The molecule has 0 bridgehead atoms. The average Bonchev–Trinajstić information content (AvgIpc) is 1.65. The summed E-state index contributed by atoms with van der Waals surface area (Å²) >= 11 is 0. The lowest BCUT2D eigenvalue weighted by Gasteiger charge is -1.98. The highest BCUT2D eigenvalue weighted by atomic mass is 32.2. The number of aliphatic hydroxyl groups is 1. The number of methoxy groups -OCH3 is 1. The van der Waals surface area contributed by atoms with Crippen LogP contribution in [-0.4, -0.2) is 26.9 Å². The summed E-state index contributed by atoms with van der Waals surface area (Å²) in [4.78, 5) is 0. The van der Waals surface area contributed by atoms with Crippen LogP contribution >= 0.6 is 0 Å². The molecular formula is C4H8O4S. The van der Waals surface area contributed by atoms with Gasteiger partial charge in [0.1, 0.15) is 6.26 Å². The molecule has 0 aliphatic rings. The number of hydrogen-bond acceptors (Lipinski definition) is 4. The minimum absolute atomic E-state index is 0.412. The van der Waals surface area contributed by atoms with Gasteiger partial charge in [0, 0.05) is 6.26 Å². The highest BCUT2D eigenvalue weighted by Gasteiger charge is 2.09. The second-order valence-electron chi connectivity index (χ2n) is 1.42. The minimum Gasteiger partial charge on any atom is -0.511 e. The van der Waals surface area contributed by atoms with E-state index in [1.807, 2.05) is 0 Å². The van der Waals surface area contributed by atoms with E-state index in [-0.39, 0.29) is 0 Å². The highest BCUT2D eigenvalue weighted by molar-refractivity contribution is 7.94. The van der Waals surface area contributed by atoms with Crippen molar-refractivity contribution in [3.63, 3.8) is 0 Å². The van der Waals surface area contributed by atoms with Gasteiger partial charge in [0.05, 0.1) is 7.11 Å². The Morgan fingerprint density at radius 3 is 2.11 bits per heavy atom. The van der Waals surface area contributed by atoms with Crippen molar-refractivity contribution in [2.24, 2.45) is 0 Å². The maximum Gasteiger partial charge on any atom is 0.246 e. The Hall–Kier alpha value is -0.710. The maximum absolute atomic E-state index is 10.4. The molecule has 54 valence electrons. The van der Waals surface area contributed by atoms with Crippen LogP contribution in [0.5, 0.6) is 0 Å². The normalized spacial score (nSPS) is 13.3. The molecule has 0 heterocycles. The van der Waals surface area contributed by atoms with Crippen molar-refractivity contribution < 1.29 is 18.3 Å². The molecule has 0 aromatic heterocycles. The zero-order valence-corrected chi connectivity index (χ0v) is 5.97. The Morgan fingerprint density at radius 1 is 1.67 bits per heavy atom. The molecule has 0 rings (SSSR count). The van der Waals surface area contributed by atoms with Crippen LogP contribution in [0.25, 0.3) is 0 Å². The van der Waals surface area contributed by atoms with Crippen molar-refractivity contribution in [3.05, 3.63) is 11.4 Å². The third-order valence-electron chi connectivity index (χ3n) is 0.672. The molecule has 0 unspecified atom stereocenters. The quantitative estimate of drug-likeness (QED) is 0.567. The van der Waals surface area contributed by atoms with Crippen LogP contribution in [0.2, 0.25) is 0 Å². The van der Waals surface area contributed by atoms with Gasteiger partial charge >= 0.3 is 0 Å². The molecule has 0 aromatic carbocycles. The van der Waals surface area contributed by atoms with E-state index in [9.17, 15) is 8.42 Å². The molecule has 9 heavy (non-hydrogen) atoms. The average molecular weight is 152 g/mol. The molecule has 0 fully saturated rings.